The minimum Gasteiger partial charge on any atom is -0.497 e. The Labute approximate surface area is 152 Å². The summed E-state index contributed by atoms with van der Waals surface area (Å²) in [6, 6.07) is 12.8. The van der Waals surface area contributed by atoms with Gasteiger partial charge >= 0.3 is 5.97 Å². The SMILES string of the molecule is COc1ccc(Br)c(C(=O)OCc2noc(-c3ccc(C)cc3)n2)c1. The van der Waals surface area contributed by atoms with Gasteiger partial charge in [0.05, 0.1) is 12.7 Å². The summed E-state index contributed by atoms with van der Waals surface area (Å²) < 4.78 is 16.2. The Kier molecular flexibility index (Phi) is 5.14. The van der Waals surface area contributed by atoms with Crippen LogP contribution < -0.4 is 4.74 Å². The number of carbonyl (C=O) groups is 1. The first-order valence-electron chi connectivity index (χ1n) is 7.47. The fourth-order valence-electron chi connectivity index (χ4n) is 2.12. The highest BCUT2D eigenvalue weighted by Gasteiger charge is 2.15. The zero-order valence-corrected chi connectivity index (χ0v) is 15.2. The summed E-state index contributed by atoms with van der Waals surface area (Å²) in [6.07, 6.45) is 0. The molecule has 0 fully saturated rings. The lowest BCUT2D eigenvalue weighted by molar-refractivity contribution is 0.0458. The predicted molar refractivity (Wildman–Crippen MR) is 94.3 cm³/mol. The highest BCUT2D eigenvalue weighted by atomic mass is 79.9. The van der Waals surface area contributed by atoms with Gasteiger partial charge < -0.3 is 14.0 Å². The van der Waals surface area contributed by atoms with Gasteiger partial charge in [-0.25, -0.2) is 4.79 Å². The van der Waals surface area contributed by atoms with Crippen LogP contribution in [0.2, 0.25) is 0 Å². The Hall–Kier alpha value is -2.67. The van der Waals surface area contributed by atoms with E-state index in [0.29, 0.717) is 27.5 Å². The van der Waals surface area contributed by atoms with Crippen molar-refractivity contribution in [3.8, 4) is 17.2 Å². The standard InChI is InChI=1S/C18H15BrN2O4/c1-11-3-5-12(6-4-11)17-20-16(21-25-17)10-24-18(22)14-9-13(23-2)7-8-15(14)19/h3-9H,10H2,1-2H3. The van der Waals surface area contributed by atoms with E-state index < -0.39 is 5.97 Å². The second-order valence-electron chi connectivity index (χ2n) is 5.30. The number of esters is 1. The first-order chi connectivity index (χ1) is 12.1. The topological polar surface area (TPSA) is 74.5 Å². The minimum atomic E-state index is -0.507. The predicted octanol–water partition coefficient (Wildman–Crippen LogP) is 4.17. The van der Waals surface area contributed by atoms with Gasteiger partial charge in [-0.05, 0) is 53.2 Å². The first kappa shape index (κ1) is 17.2. The van der Waals surface area contributed by atoms with Crippen molar-refractivity contribution in [1.29, 1.82) is 0 Å². The van der Waals surface area contributed by atoms with E-state index in [4.69, 9.17) is 14.0 Å². The Morgan fingerprint density at radius 1 is 1.20 bits per heavy atom. The van der Waals surface area contributed by atoms with Gasteiger partial charge in [-0.15, -0.1) is 0 Å². The molecule has 6 nitrogen and oxygen atoms in total. The number of ether oxygens (including phenoxy) is 2. The Bertz CT molecular complexity index is 890. The van der Waals surface area contributed by atoms with Gasteiger partial charge in [-0.1, -0.05) is 22.9 Å². The Morgan fingerprint density at radius 3 is 2.68 bits per heavy atom. The Morgan fingerprint density at radius 2 is 1.96 bits per heavy atom. The molecule has 0 spiro atoms. The number of rotatable bonds is 5. The van der Waals surface area contributed by atoms with E-state index >= 15 is 0 Å². The molecule has 2 aromatic carbocycles. The van der Waals surface area contributed by atoms with E-state index in [1.54, 1.807) is 18.2 Å². The van der Waals surface area contributed by atoms with Gasteiger partial charge in [0.1, 0.15) is 5.75 Å². The molecule has 0 unspecified atom stereocenters. The Balaban J connectivity index is 1.68. The summed E-state index contributed by atoms with van der Waals surface area (Å²) in [5, 5.41) is 3.84. The van der Waals surface area contributed by atoms with Crippen LogP contribution in [-0.2, 0) is 11.3 Å². The van der Waals surface area contributed by atoms with Gasteiger partial charge in [-0.2, -0.15) is 4.98 Å². The molecule has 0 radical (unpaired) electrons. The highest BCUT2D eigenvalue weighted by molar-refractivity contribution is 9.10. The number of halogens is 1. The van der Waals surface area contributed by atoms with Crippen LogP contribution in [0.25, 0.3) is 11.5 Å². The molecule has 0 saturated carbocycles. The molecule has 0 amide bonds. The fourth-order valence-corrected chi connectivity index (χ4v) is 2.53. The van der Waals surface area contributed by atoms with Crippen molar-refractivity contribution < 1.29 is 18.8 Å². The van der Waals surface area contributed by atoms with Gasteiger partial charge in [0.25, 0.3) is 5.89 Å². The molecule has 25 heavy (non-hydrogen) atoms. The number of nitrogens with zero attached hydrogens (tertiary/aromatic N) is 2. The molecule has 7 heteroatoms. The smallest absolute Gasteiger partial charge is 0.339 e. The molecule has 3 rings (SSSR count). The van der Waals surface area contributed by atoms with Gasteiger partial charge in [-0.3, -0.25) is 0 Å². The number of hydrogen-bond donors (Lipinski definition) is 0. The molecule has 0 aliphatic rings. The lowest BCUT2D eigenvalue weighted by atomic mass is 10.1. The summed E-state index contributed by atoms with van der Waals surface area (Å²) >= 11 is 3.32. The van der Waals surface area contributed by atoms with Crippen molar-refractivity contribution in [1.82, 2.24) is 10.1 Å². The van der Waals surface area contributed by atoms with Crippen molar-refractivity contribution in [2.24, 2.45) is 0 Å². The lowest BCUT2D eigenvalue weighted by Gasteiger charge is -2.06. The molecule has 128 valence electrons. The number of hydrogen-bond acceptors (Lipinski definition) is 6. The highest BCUT2D eigenvalue weighted by Crippen LogP contribution is 2.23. The van der Waals surface area contributed by atoms with Crippen LogP contribution in [0, 0.1) is 6.92 Å². The number of benzene rings is 2. The average molecular weight is 403 g/mol. The quantitative estimate of drug-likeness (QED) is 0.596. The third-order valence-electron chi connectivity index (χ3n) is 3.49. The van der Waals surface area contributed by atoms with Crippen molar-refractivity contribution in [3.63, 3.8) is 0 Å². The first-order valence-corrected chi connectivity index (χ1v) is 8.26. The summed E-state index contributed by atoms with van der Waals surface area (Å²) in [6.45, 7) is 1.91. The molecule has 0 bridgehead atoms. The van der Waals surface area contributed by atoms with Crippen LogP contribution in [-0.4, -0.2) is 23.2 Å². The number of methoxy groups -OCH3 is 1. The number of aryl methyl sites for hydroxylation is 1. The van der Waals surface area contributed by atoms with Gasteiger partial charge in [0, 0.05) is 10.0 Å². The van der Waals surface area contributed by atoms with Crippen molar-refractivity contribution in [3.05, 3.63) is 63.9 Å². The molecule has 0 N–H and O–H groups in total. The van der Waals surface area contributed by atoms with Gasteiger partial charge in [0.15, 0.2) is 6.61 Å². The number of carbonyl (C=O) groups excluding carboxylic acids is 1. The summed E-state index contributed by atoms with van der Waals surface area (Å²) in [4.78, 5) is 16.5. The van der Waals surface area contributed by atoms with E-state index in [1.165, 1.54) is 7.11 Å². The molecule has 1 aromatic heterocycles. The molecular formula is C18H15BrN2O4. The number of aromatic nitrogens is 2. The second-order valence-corrected chi connectivity index (χ2v) is 6.16. The van der Waals surface area contributed by atoms with E-state index in [9.17, 15) is 4.79 Å². The monoisotopic (exact) mass is 402 g/mol. The maximum Gasteiger partial charge on any atom is 0.339 e. The molecule has 0 aliphatic carbocycles. The van der Waals surface area contributed by atoms with Crippen LogP contribution >= 0.6 is 15.9 Å². The minimum absolute atomic E-state index is 0.0855. The zero-order chi connectivity index (χ0) is 17.8. The molecule has 3 aromatic rings. The molecule has 0 saturated heterocycles. The van der Waals surface area contributed by atoms with E-state index in [-0.39, 0.29) is 6.61 Å². The summed E-state index contributed by atoms with van der Waals surface area (Å²) in [7, 11) is 1.53. The lowest BCUT2D eigenvalue weighted by Crippen LogP contribution is -2.07. The average Bonchev–Trinajstić information content (AvgIpc) is 3.09. The maximum atomic E-state index is 12.2. The van der Waals surface area contributed by atoms with Crippen LogP contribution in [0.3, 0.4) is 0 Å². The maximum absolute atomic E-state index is 12.2. The molecular weight excluding hydrogens is 388 g/mol. The molecule has 0 atom stereocenters. The van der Waals surface area contributed by atoms with Crippen LogP contribution in [0.4, 0.5) is 0 Å². The molecule has 1 heterocycles. The second kappa shape index (κ2) is 7.48. The summed E-state index contributed by atoms with van der Waals surface area (Å²) in [5.41, 5.74) is 2.31. The normalized spacial score (nSPS) is 10.5. The van der Waals surface area contributed by atoms with E-state index in [1.807, 2.05) is 31.2 Å². The fraction of sp³-hybridized carbons (Fsp3) is 0.167. The van der Waals surface area contributed by atoms with Crippen molar-refractivity contribution >= 4 is 21.9 Å². The van der Waals surface area contributed by atoms with E-state index in [2.05, 4.69) is 26.1 Å². The van der Waals surface area contributed by atoms with Crippen LogP contribution in [0.5, 0.6) is 5.75 Å². The van der Waals surface area contributed by atoms with Crippen LogP contribution in [0.15, 0.2) is 51.5 Å². The summed E-state index contributed by atoms with van der Waals surface area (Å²) in [5.74, 6) is 0.736. The zero-order valence-electron chi connectivity index (χ0n) is 13.7. The van der Waals surface area contributed by atoms with Gasteiger partial charge in [0.2, 0.25) is 5.82 Å². The molecule has 0 aliphatic heterocycles. The van der Waals surface area contributed by atoms with E-state index in [0.717, 1.165) is 11.1 Å². The largest absolute Gasteiger partial charge is 0.497 e. The van der Waals surface area contributed by atoms with Crippen molar-refractivity contribution in [2.45, 2.75) is 13.5 Å². The third kappa shape index (κ3) is 4.06. The van der Waals surface area contributed by atoms with Crippen LogP contribution in [0.1, 0.15) is 21.7 Å². The third-order valence-corrected chi connectivity index (χ3v) is 4.18. The van der Waals surface area contributed by atoms with Crippen molar-refractivity contribution in [2.75, 3.05) is 7.11 Å².